The van der Waals surface area contributed by atoms with Gasteiger partial charge < -0.3 is 35.9 Å². The number of aromatic amines is 1. The molecule has 5 atom stereocenters. The minimum absolute atomic E-state index is 0.0261. The van der Waals surface area contributed by atoms with Crippen molar-refractivity contribution >= 4 is 29.8 Å². The largest absolute Gasteiger partial charge is 0.480 e. The number of carboxylic acid groups (broad SMARTS) is 1. The number of carbonyl (C=O) groups excluding carboxylic acids is 4. The van der Waals surface area contributed by atoms with E-state index in [1.165, 1.54) is 12.5 Å². The van der Waals surface area contributed by atoms with Crippen LogP contribution in [0.1, 0.15) is 43.5 Å². The topological polar surface area (TPSA) is 203 Å². The molecule has 1 aliphatic heterocycles. The van der Waals surface area contributed by atoms with Crippen LogP contribution in [-0.4, -0.2) is 91.7 Å². The maximum absolute atomic E-state index is 13.9. The molecular weight excluding hydrogens is 620 g/mol. The second kappa shape index (κ2) is 17.1. The number of aromatic nitrogens is 2. The number of likely N-dealkylation sites (tertiary alicyclic amines) is 1. The number of nitrogens with zero attached hydrogens (tertiary/aromatic N) is 2. The quantitative estimate of drug-likeness (QED) is 0.140. The molecule has 48 heavy (non-hydrogen) atoms. The van der Waals surface area contributed by atoms with Crippen LogP contribution in [0.4, 0.5) is 4.79 Å². The highest BCUT2D eigenvalue weighted by molar-refractivity contribution is 5.95. The van der Waals surface area contributed by atoms with Crippen LogP contribution in [0.3, 0.4) is 0 Å². The smallest absolute Gasteiger partial charge is 0.410 e. The Kier molecular flexibility index (Phi) is 12.7. The van der Waals surface area contributed by atoms with E-state index in [1.54, 1.807) is 54.6 Å². The molecule has 1 fully saturated rings. The third-order valence-corrected chi connectivity index (χ3v) is 7.87. The maximum Gasteiger partial charge on any atom is 0.410 e. The number of β-amino-alcohol motifs (C(OH)–C–C–N with tert-alkyl or cyclic N) is 1. The number of imidazole rings is 1. The molecule has 4 amide bonds. The van der Waals surface area contributed by atoms with Crippen LogP contribution < -0.4 is 16.0 Å². The highest BCUT2D eigenvalue weighted by atomic mass is 16.6. The average Bonchev–Trinajstić information content (AvgIpc) is 3.73. The highest BCUT2D eigenvalue weighted by Gasteiger charge is 2.41. The number of carbonyl (C=O) groups is 5. The molecule has 5 unspecified atom stereocenters. The lowest BCUT2D eigenvalue weighted by atomic mass is 10.0. The standard InChI is InChI=1S/C34H42N6O8/c1-21(2)13-28(33(45)46)39-31(43)27(15-24-17-35-20-36-24)37-30(42)26(14-22-9-5-3-6-10-22)38-32(44)29-16-25(41)18-40(29)34(47)48-19-23-11-7-4-8-12-23/h3-12,17,20-21,25-29,41H,13-16,18-19H2,1-2H3,(H,35,36)(H,37,42)(H,38,44)(H,39,43)(H,45,46). The second-order valence-corrected chi connectivity index (χ2v) is 12.2. The van der Waals surface area contributed by atoms with Gasteiger partial charge in [-0.25, -0.2) is 14.6 Å². The van der Waals surface area contributed by atoms with Crippen LogP contribution in [0, 0.1) is 5.92 Å². The summed E-state index contributed by atoms with van der Waals surface area (Å²) in [6, 6.07) is 13.2. The Balaban J connectivity index is 1.52. The zero-order chi connectivity index (χ0) is 34.6. The molecule has 0 radical (unpaired) electrons. The first kappa shape index (κ1) is 35.6. The van der Waals surface area contributed by atoms with Gasteiger partial charge in [0.2, 0.25) is 17.7 Å². The Bertz CT molecular complexity index is 1520. The summed E-state index contributed by atoms with van der Waals surface area (Å²) in [6.07, 6.45) is 1.24. The summed E-state index contributed by atoms with van der Waals surface area (Å²) < 4.78 is 5.41. The molecule has 14 heteroatoms. The molecule has 2 heterocycles. The molecule has 4 rings (SSSR count). The SMILES string of the molecule is CC(C)CC(NC(=O)C(Cc1cnc[nH]1)NC(=O)C(Cc1ccccc1)NC(=O)C1CC(O)CN1C(=O)OCc1ccccc1)C(=O)O. The number of nitrogens with one attached hydrogen (secondary N) is 4. The van der Waals surface area contributed by atoms with Crippen LogP contribution in [0.15, 0.2) is 73.2 Å². The maximum atomic E-state index is 13.9. The van der Waals surface area contributed by atoms with Crippen LogP contribution in [0.2, 0.25) is 0 Å². The van der Waals surface area contributed by atoms with Gasteiger partial charge in [-0.1, -0.05) is 74.5 Å². The predicted molar refractivity (Wildman–Crippen MR) is 173 cm³/mol. The van der Waals surface area contributed by atoms with Gasteiger partial charge in [0.1, 0.15) is 30.8 Å². The van der Waals surface area contributed by atoms with E-state index >= 15 is 0 Å². The number of aliphatic hydroxyl groups is 1. The monoisotopic (exact) mass is 662 g/mol. The predicted octanol–water partition coefficient (Wildman–Crippen LogP) is 1.55. The van der Waals surface area contributed by atoms with E-state index in [9.17, 15) is 34.2 Å². The van der Waals surface area contributed by atoms with Crippen molar-refractivity contribution in [3.63, 3.8) is 0 Å². The van der Waals surface area contributed by atoms with E-state index in [1.807, 2.05) is 19.9 Å². The number of aliphatic hydroxyl groups excluding tert-OH is 1. The summed E-state index contributed by atoms with van der Waals surface area (Å²) in [5.41, 5.74) is 1.97. The second-order valence-electron chi connectivity index (χ2n) is 12.2. The zero-order valence-corrected chi connectivity index (χ0v) is 26.9. The summed E-state index contributed by atoms with van der Waals surface area (Å²) in [4.78, 5) is 73.8. The summed E-state index contributed by atoms with van der Waals surface area (Å²) >= 11 is 0. The van der Waals surface area contributed by atoms with Crippen LogP contribution in [-0.2, 0) is 43.4 Å². The van der Waals surface area contributed by atoms with Gasteiger partial charge in [0.25, 0.3) is 0 Å². The van der Waals surface area contributed by atoms with Crippen molar-refractivity contribution in [1.29, 1.82) is 0 Å². The van der Waals surface area contributed by atoms with Crippen LogP contribution in [0.5, 0.6) is 0 Å². The molecule has 2 aromatic carbocycles. The molecule has 6 N–H and O–H groups in total. The zero-order valence-electron chi connectivity index (χ0n) is 26.9. The molecule has 0 saturated carbocycles. The summed E-state index contributed by atoms with van der Waals surface area (Å²) in [5.74, 6) is -3.34. The highest BCUT2D eigenvalue weighted by Crippen LogP contribution is 2.20. The Hall–Kier alpha value is -5.24. The van der Waals surface area contributed by atoms with Crippen molar-refractivity contribution in [2.24, 2.45) is 5.92 Å². The van der Waals surface area contributed by atoms with E-state index in [0.29, 0.717) is 11.3 Å². The molecule has 1 aromatic heterocycles. The molecule has 1 saturated heterocycles. The fraction of sp³-hybridized carbons (Fsp3) is 0.412. The summed E-state index contributed by atoms with van der Waals surface area (Å²) in [7, 11) is 0. The first-order valence-corrected chi connectivity index (χ1v) is 15.8. The molecular formula is C34H42N6O8. The van der Waals surface area contributed by atoms with Gasteiger partial charge >= 0.3 is 12.1 Å². The number of benzene rings is 2. The van der Waals surface area contributed by atoms with Crippen molar-refractivity contribution in [2.45, 2.75) is 76.4 Å². The molecule has 0 bridgehead atoms. The Morgan fingerprint density at radius 1 is 0.896 bits per heavy atom. The van der Waals surface area contributed by atoms with Crippen molar-refractivity contribution in [1.82, 2.24) is 30.8 Å². The fourth-order valence-electron chi connectivity index (χ4n) is 5.46. The minimum Gasteiger partial charge on any atom is -0.480 e. The van der Waals surface area contributed by atoms with Gasteiger partial charge in [0, 0.05) is 31.2 Å². The summed E-state index contributed by atoms with van der Waals surface area (Å²) in [5, 5.41) is 28.0. The van der Waals surface area contributed by atoms with Crippen molar-refractivity contribution < 1.29 is 38.9 Å². The molecule has 14 nitrogen and oxygen atoms in total. The van der Waals surface area contributed by atoms with E-state index < -0.39 is 60.1 Å². The molecule has 0 spiro atoms. The number of aliphatic carboxylic acids is 1. The first-order chi connectivity index (χ1) is 23.0. The lowest BCUT2D eigenvalue weighted by Gasteiger charge is -2.27. The normalized spacial score (nSPS) is 17.6. The minimum atomic E-state index is -1.22. The third-order valence-electron chi connectivity index (χ3n) is 7.87. The Morgan fingerprint density at radius 2 is 1.50 bits per heavy atom. The number of rotatable bonds is 15. The van der Waals surface area contributed by atoms with Gasteiger partial charge in [0.05, 0.1) is 19.0 Å². The van der Waals surface area contributed by atoms with Crippen LogP contribution in [0.25, 0.3) is 0 Å². The average molecular weight is 663 g/mol. The molecule has 1 aliphatic rings. The Morgan fingerprint density at radius 3 is 2.08 bits per heavy atom. The van der Waals surface area contributed by atoms with E-state index in [-0.39, 0.29) is 44.8 Å². The van der Waals surface area contributed by atoms with E-state index in [2.05, 4.69) is 25.9 Å². The van der Waals surface area contributed by atoms with Crippen molar-refractivity contribution in [3.8, 4) is 0 Å². The van der Waals surface area contributed by atoms with Gasteiger partial charge in [-0.3, -0.25) is 19.3 Å². The lowest BCUT2D eigenvalue weighted by Crippen LogP contribution is -2.58. The van der Waals surface area contributed by atoms with Gasteiger partial charge in [0.15, 0.2) is 0 Å². The van der Waals surface area contributed by atoms with Crippen LogP contribution >= 0.6 is 0 Å². The number of H-pyrrole nitrogens is 1. The summed E-state index contributed by atoms with van der Waals surface area (Å²) in [6.45, 7) is 3.50. The first-order valence-electron chi connectivity index (χ1n) is 15.8. The molecule has 0 aliphatic carbocycles. The number of hydrogen-bond acceptors (Lipinski definition) is 8. The van der Waals surface area contributed by atoms with Gasteiger partial charge in [-0.15, -0.1) is 0 Å². The number of ether oxygens (including phenoxy) is 1. The Labute approximate surface area is 278 Å². The molecule has 3 aromatic rings. The van der Waals surface area contributed by atoms with Crippen molar-refractivity contribution in [3.05, 3.63) is 90.0 Å². The third kappa shape index (κ3) is 10.4. The van der Waals surface area contributed by atoms with Crippen molar-refractivity contribution in [2.75, 3.05) is 6.54 Å². The number of hydrogen-bond donors (Lipinski definition) is 6. The fourth-order valence-corrected chi connectivity index (χ4v) is 5.46. The van der Waals surface area contributed by atoms with E-state index in [4.69, 9.17) is 4.74 Å². The number of carboxylic acids is 1. The lowest BCUT2D eigenvalue weighted by molar-refractivity contribution is -0.142. The number of amides is 4. The van der Waals surface area contributed by atoms with Gasteiger partial charge in [-0.2, -0.15) is 0 Å². The molecule has 256 valence electrons. The van der Waals surface area contributed by atoms with Gasteiger partial charge in [-0.05, 0) is 23.5 Å². The van der Waals surface area contributed by atoms with E-state index in [0.717, 1.165) is 10.5 Å².